The fourth-order valence-corrected chi connectivity index (χ4v) is 4.82. The Morgan fingerprint density at radius 3 is 2.66 bits per heavy atom. The van der Waals surface area contributed by atoms with Gasteiger partial charge in [0, 0.05) is 55.8 Å². The summed E-state index contributed by atoms with van der Waals surface area (Å²) < 4.78 is 2.36. The van der Waals surface area contributed by atoms with Crippen LogP contribution in [0.3, 0.4) is 0 Å². The van der Waals surface area contributed by atoms with Gasteiger partial charge in [0.15, 0.2) is 0 Å². The Morgan fingerprint density at radius 2 is 1.97 bits per heavy atom. The van der Waals surface area contributed by atoms with Gasteiger partial charge in [0.25, 0.3) is 0 Å². The van der Waals surface area contributed by atoms with Gasteiger partial charge in [-0.05, 0) is 46.0 Å². The fourth-order valence-electron chi connectivity index (χ4n) is 4.82. The zero-order valence-corrected chi connectivity index (χ0v) is 20.1. The highest BCUT2D eigenvalue weighted by atomic mass is 16.1. The highest BCUT2D eigenvalue weighted by Gasteiger charge is 2.31. The molecule has 4 rings (SSSR count). The summed E-state index contributed by atoms with van der Waals surface area (Å²) in [5.74, 6) is 3.50. The second kappa shape index (κ2) is 9.17. The summed E-state index contributed by atoms with van der Waals surface area (Å²) in [5, 5.41) is 6.51. The molecular formula is C24H37N7O. The molecule has 1 amide bonds. The second-order valence-electron chi connectivity index (χ2n) is 10.2. The Kier molecular flexibility index (Phi) is 6.51. The molecule has 2 aliphatic rings. The zero-order chi connectivity index (χ0) is 22.9. The van der Waals surface area contributed by atoms with E-state index in [-0.39, 0.29) is 17.4 Å². The van der Waals surface area contributed by atoms with Gasteiger partial charge in [-0.1, -0.05) is 13.8 Å². The number of fused-ring (bicyclic) bond motifs is 1. The Hall–Kier alpha value is -2.48. The van der Waals surface area contributed by atoms with Gasteiger partial charge in [0.2, 0.25) is 5.91 Å². The summed E-state index contributed by atoms with van der Waals surface area (Å²) in [6.07, 6.45) is 7.35. The van der Waals surface area contributed by atoms with Gasteiger partial charge in [0.1, 0.15) is 23.8 Å². The van der Waals surface area contributed by atoms with E-state index in [0.29, 0.717) is 18.2 Å². The fraction of sp³-hybridized carbons (Fsp3) is 0.667. The number of nitrogens with zero attached hydrogens (tertiary/aromatic N) is 5. The van der Waals surface area contributed by atoms with E-state index in [1.165, 1.54) is 11.5 Å². The first-order chi connectivity index (χ1) is 15.2. The smallest absolute Gasteiger partial charge is 0.226 e. The van der Waals surface area contributed by atoms with Crippen LogP contribution in [-0.4, -0.2) is 50.6 Å². The van der Waals surface area contributed by atoms with E-state index in [1.54, 1.807) is 6.33 Å². The van der Waals surface area contributed by atoms with Crippen molar-refractivity contribution >= 4 is 17.5 Å². The molecular weight excluding hydrogens is 402 g/mol. The predicted molar refractivity (Wildman–Crippen MR) is 127 cm³/mol. The lowest BCUT2D eigenvalue weighted by molar-refractivity contribution is -0.116. The summed E-state index contributed by atoms with van der Waals surface area (Å²) in [4.78, 5) is 28.2. The SMILES string of the molecule is CCc1cn(CCNC(C)(C)C)c(C2CCN(c3ncnc4c3[C@H](C)CC(=O)N4)CC2)n1. The van der Waals surface area contributed by atoms with E-state index in [9.17, 15) is 4.79 Å². The van der Waals surface area contributed by atoms with Crippen molar-refractivity contribution in [1.82, 2.24) is 24.8 Å². The van der Waals surface area contributed by atoms with Crippen molar-refractivity contribution in [2.45, 2.75) is 84.2 Å². The Bertz CT molecular complexity index is 954. The third-order valence-electron chi connectivity index (χ3n) is 6.49. The summed E-state index contributed by atoms with van der Waals surface area (Å²) in [5.41, 5.74) is 2.37. The van der Waals surface area contributed by atoms with E-state index >= 15 is 0 Å². The average molecular weight is 440 g/mol. The number of piperidine rings is 1. The highest BCUT2D eigenvalue weighted by molar-refractivity contribution is 5.94. The molecule has 32 heavy (non-hydrogen) atoms. The molecule has 0 aromatic carbocycles. The Balaban J connectivity index is 1.46. The van der Waals surface area contributed by atoms with Gasteiger partial charge in [0.05, 0.1) is 5.69 Å². The normalized spacial score (nSPS) is 19.7. The maximum Gasteiger partial charge on any atom is 0.226 e. The van der Waals surface area contributed by atoms with Crippen LogP contribution >= 0.6 is 0 Å². The molecule has 1 saturated heterocycles. The number of aromatic nitrogens is 4. The lowest BCUT2D eigenvalue weighted by Crippen LogP contribution is -2.38. The molecule has 0 saturated carbocycles. The number of anilines is 2. The molecule has 2 aromatic heterocycles. The lowest BCUT2D eigenvalue weighted by Gasteiger charge is -2.35. The minimum Gasteiger partial charge on any atom is -0.356 e. The van der Waals surface area contributed by atoms with Crippen molar-refractivity contribution in [3.8, 4) is 0 Å². The largest absolute Gasteiger partial charge is 0.356 e. The number of nitrogens with one attached hydrogen (secondary N) is 2. The van der Waals surface area contributed by atoms with E-state index in [1.807, 2.05) is 0 Å². The minimum absolute atomic E-state index is 0.0351. The molecule has 1 fully saturated rings. The number of carbonyl (C=O) groups excluding carboxylic acids is 1. The Morgan fingerprint density at radius 1 is 1.22 bits per heavy atom. The van der Waals surface area contributed by atoms with Crippen molar-refractivity contribution in [2.24, 2.45) is 0 Å². The van der Waals surface area contributed by atoms with Crippen LogP contribution in [0, 0.1) is 0 Å². The number of rotatable bonds is 6. The maximum absolute atomic E-state index is 11.9. The molecule has 4 heterocycles. The first kappa shape index (κ1) is 22.7. The van der Waals surface area contributed by atoms with Crippen LogP contribution in [0.25, 0.3) is 0 Å². The molecule has 174 valence electrons. The lowest BCUT2D eigenvalue weighted by atomic mass is 9.92. The molecule has 2 N–H and O–H groups in total. The van der Waals surface area contributed by atoms with Crippen molar-refractivity contribution in [1.29, 1.82) is 0 Å². The van der Waals surface area contributed by atoms with Crippen LogP contribution in [0.4, 0.5) is 11.6 Å². The number of aryl methyl sites for hydroxylation is 1. The van der Waals surface area contributed by atoms with E-state index in [0.717, 1.165) is 56.8 Å². The van der Waals surface area contributed by atoms with Crippen LogP contribution in [0.1, 0.15) is 82.8 Å². The summed E-state index contributed by atoms with van der Waals surface area (Å²) in [7, 11) is 0. The molecule has 0 radical (unpaired) electrons. The standard InChI is InChI=1S/C24H37N7O/c1-6-18-14-31(12-9-27-24(3,4)5)22(28-18)17-7-10-30(11-8-17)23-20-16(2)13-19(32)29-21(20)25-15-26-23/h14-17,27H,6-13H2,1-5H3,(H,25,26,29,32)/t16-/m1/s1. The molecule has 2 aliphatic heterocycles. The number of hydrogen-bond donors (Lipinski definition) is 2. The zero-order valence-electron chi connectivity index (χ0n) is 20.1. The van der Waals surface area contributed by atoms with E-state index in [2.05, 4.69) is 70.9 Å². The molecule has 0 spiro atoms. The number of carbonyl (C=O) groups is 1. The minimum atomic E-state index is 0.0351. The van der Waals surface area contributed by atoms with Gasteiger partial charge in [-0.15, -0.1) is 0 Å². The molecule has 2 aromatic rings. The summed E-state index contributed by atoms with van der Waals surface area (Å²) in [6.45, 7) is 14.6. The van der Waals surface area contributed by atoms with Gasteiger partial charge < -0.3 is 20.1 Å². The van der Waals surface area contributed by atoms with Crippen LogP contribution in [0.5, 0.6) is 0 Å². The van der Waals surface area contributed by atoms with Gasteiger partial charge in [-0.2, -0.15) is 0 Å². The molecule has 0 bridgehead atoms. The first-order valence-electron chi connectivity index (χ1n) is 12.0. The van der Waals surface area contributed by atoms with Crippen LogP contribution in [0.2, 0.25) is 0 Å². The Labute approximate surface area is 191 Å². The first-order valence-corrected chi connectivity index (χ1v) is 12.0. The number of hydrogen-bond acceptors (Lipinski definition) is 6. The third kappa shape index (κ3) is 4.95. The number of imidazole rings is 1. The van der Waals surface area contributed by atoms with Gasteiger partial charge in [-0.25, -0.2) is 15.0 Å². The molecule has 0 unspecified atom stereocenters. The quantitative estimate of drug-likeness (QED) is 0.717. The predicted octanol–water partition coefficient (Wildman–Crippen LogP) is 3.45. The highest BCUT2D eigenvalue weighted by Crippen LogP contribution is 2.38. The molecule has 8 heteroatoms. The van der Waals surface area contributed by atoms with Crippen molar-refractivity contribution in [2.75, 3.05) is 29.9 Å². The van der Waals surface area contributed by atoms with Crippen LogP contribution in [0.15, 0.2) is 12.5 Å². The van der Waals surface area contributed by atoms with Crippen molar-refractivity contribution in [3.05, 3.63) is 29.6 Å². The van der Waals surface area contributed by atoms with E-state index < -0.39 is 0 Å². The topological polar surface area (TPSA) is 88.0 Å². The van der Waals surface area contributed by atoms with E-state index in [4.69, 9.17) is 4.98 Å². The number of amides is 1. The van der Waals surface area contributed by atoms with Crippen LogP contribution in [-0.2, 0) is 17.8 Å². The second-order valence-corrected chi connectivity index (χ2v) is 10.2. The van der Waals surface area contributed by atoms with Crippen LogP contribution < -0.4 is 15.5 Å². The average Bonchev–Trinajstić information content (AvgIpc) is 3.15. The summed E-state index contributed by atoms with van der Waals surface area (Å²) >= 11 is 0. The van der Waals surface area contributed by atoms with Crippen molar-refractivity contribution < 1.29 is 4.79 Å². The van der Waals surface area contributed by atoms with Crippen molar-refractivity contribution in [3.63, 3.8) is 0 Å². The summed E-state index contributed by atoms with van der Waals surface area (Å²) in [6, 6.07) is 0. The maximum atomic E-state index is 11.9. The molecule has 1 atom stereocenters. The molecule has 0 aliphatic carbocycles. The van der Waals surface area contributed by atoms with Gasteiger partial charge in [-0.3, -0.25) is 4.79 Å². The third-order valence-corrected chi connectivity index (χ3v) is 6.49. The molecule has 8 nitrogen and oxygen atoms in total. The van der Waals surface area contributed by atoms with Gasteiger partial charge >= 0.3 is 0 Å². The monoisotopic (exact) mass is 439 g/mol.